The summed E-state index contributed by atoms with van der Waals surface area (Å²) in [4.78, 5) is 39.0. The molecule has 2 saturated heterocycles. The van der Waals surface area contributed by atoms with Crippen LogP contribution in [-0.4, -0.2) is 65.7 Å². The number of rotatable bonds is 5. The van der Waals surface area contributed by atoms with Gasteiger partial charge in [0.05, 0.1) is 5.92 Å². The molecule has 8 heteroatoms. The highest BCUT2D eigenvalue weighted by molar-refractivity contribution is 6.01. The number of nitrogens with zero attached hydrogens (tertiary/aromatic N) is 2. The highest BCUT2D eigenvalue weighted by atomic mass is 16.7. The van der Waals surface area contributed by atoms with Crippen LogP contribution in [0.4, 0.5) is 0 Å². The minimum absolute atomic E-state index is 0.167. The van der Waals surface area contributed by atoms with Crippen molar-refractivity contribution in [2.75, 3.05) is 26.9 Å². The van der Waals surface area contributed by atoms with E-state index in [-0.39, 0.29) is 50.0 Å². The maximum Gasteiger partial charge on any atom is 0.308 e. The molecule has 0 spiro atoms. The van der Waals surface area contributed by atoms with E-state index in [2.05, 4.69) is 0 Å². The third-order valence-electron chi connectivity index (χ3n) is 5.81. The number of likely N-dealkylation sites (N-methyl/N-ethyl adjacent to an activating group) is 1. The number of likely N-dealkylation sites (tertiary alicyclic amines) is 2. The topological polar surface area (TPSA) is 96.4 Å². The Kier molecular flexibility index (Phi) is 4.51. The minimum Gasteiger partial charge on any atom is -0.481 e. The van der Waals surface area contributed by atoms with Crippen LogP contribution in [0.15, 0.2) is 18.2 Å². The SMILES string of the molecule is CN1CC(c2ccc3c(c2)OCO3)C(C(=O)O)C1CCN1C(=O)CCC1=O. The zero-order valence-electron chi connectivity index (χ0n) is 15.1. The molecule has 4 rings (SSSR count). The fraction of sp³-hybridized carbons (Fsp3) is 0.526. The van der Waals surface area contributed by atoms with E-state index in [0.29, 0.717) is 24.5 Å². The van der Waals surface area contributed by atoms with Crippen molar-refractivity contribution in [3.8, 4) is 11.5 Å². The van der Waals surface area contributed by atoms with Crippen LogP contribution in [0.5, 0.6) is 11.5 Å². The Morgan fingerprint density at radius 3 is 2.59 bits per heavy atom. The van der Waals surface area contributed by atoms with Crippen LogP contribution < -0.4 is 9.47 Å². The summed E-state index contributed by atoms with van der Waals surface area (Å²) in [6.07, 6.45) is 0.953. The molecule has 2 amide bonds. The molecular formula is C19H22N2O6. The van der Waals surface area contributed by atoms with Crippen molar-refractivity contribution in [1.29, 1.82) is 0 Å². The highest BCUT2D eigenvalue weighted by Gasteiger charge is 2.45. The van der Waals surface area contributed by atoms with Gasteiger partial charge >= 0.3 is 5.97 Å². The van der Waals surface area contributed by atoms with E-state index in [4.69, 9.17) is 9.47 Å². The van der Waals surface area contributed by atoms with Gasteiger partial charge in [-0.3, -0.25) is 19.3 Å². The first kappa shape index (κ1) is 17.8. The first-order valence-electron chi connectivity index (χ1n) is 9.11. The molecule has 1 aromatic carbocycles. The number of hydrogen-bond acceptors (Lipinski definition) is 6. The van der Waals surface area contributed by atoms with Crippen LogP contribution in [-0.2, 0) is 14.4 Å². The summed E-state index contributed by atoms with van der Waals surface area (Å²) in [5.41, 5.74) is 0.898. The van der Waals surface area contributed by atoms with Crippen molar-refractivity contribution in [1.82, 2.24) is 9.80 Å². The van der Waals surface area contributed by atoms with Gasteiger partial charge in [-0.05, 0) is 31.2 Å². The number of amides is 2. The van der Waals surface area contributed by atoms with Crippen molar-refractivity contribution in [2.24, 2.45) is 5.92 Å². The summed E-state index contributed by atoms with van der Waals surface area (Å²) in [6.45, 7) is 1.03. The molecule has 144 valence electrons. The average molecular weight is 374 g/mol. The van der Waals surface area contributed by atoms with Crippen molar-refractivity contribution in [3.63, 3.8) is 0 Å². The molecule has 3 unspecified atom stereocenters. The smallest absolute Gasteiger partial charge is 0.308 e. The fourth-order valence-corrected chi connectivity index (χ4v) is 4.43. The van der Waals surface area contributed by atoms with Crippen molar-refractivity contribution < 1.29 is 29.0 Å². The molecule has 3 heterocycles. The molecule has 0 bridgehead atoms. The third-order valence-corrected chi connectivity index (χ3v) is 5.81. The normalized spacial score (nSPS) is 27.6. The van der Waals surface area contributed by atoms with Gasteiger partial charge in [0, 0.05) is 37.9 Å². The number of fused-ring (bicyclic) bond motifs is 1. The Hall–Kier alpha value is -2.61. The molecule has 1 aromatic rings. The fourth-order valence-electron chi connectivity index (χ4n) is 4.43. The van der Waals surface area contributed by atoms with Gasteiger partial charge in [0.1, 0.15) is 0 Å². The van der Waals surface area contributed by atoms with Gasteiger partial charge in [0.15, 0.2) is 11.5 Å². The van der Waals surface area contributed by atoms with Crippen LogP contribution in [0.3, 0.4) is 0 Å². The molecule has 8 nitrogen and oxygen atoms in total. The van der Waals surface area contributed by atoms with Crippen molar-refractivity contribution in [2.45, 2.75) is 31.2 Å². The molecule has 0 radical (unpaired) electrons. The Bertz CT molecular complexity index is 778. The second-order valence-corrected chi connectivity index (χ2v) is 7.32. The second-order valence-electron chi connectivity index (χ2n) is 7.32. The van der Waals surface area contributed by atoms with E-state index in [9.17, 15) is 19.5 Å². The van der Waals surface area contributed by atoms with Gasteiger partial charge in [-0.25, -0.2) is 0 Å². The summed E-state index contributed by atoms with van der Waals surface area (Å²) in [5, 5.41) is 9.89. The highest BCUT2D eigenvalue weighted by Crippen LogP contribution is 2.42. The Balaban J connectivity index is 1.53. The summed E-state index contributed by atoms with van der Waals surface area (Å²) in [7, 11) is 1.89. The van der Waals surface area contributed by atoms with Crippen LogP contribution in [0.1, 0.15) is 30.7 Å². The molecule has 0 aliphatic carbocycles. The van der Waals surface area contributed by atoms with Crippen LogP contribution in [0.2, 0.25) is 0 Å². The molecule has 27 heavy (non-hydrogen) atoms. The number of aliphatic carboxylic acids is 1. The first-order chi connectivity index (χ1) is 13.0. The van der Waals surface area contributed by atoms with Crippen LogP contribution >= 0.6 is 0 Å². The molecule has 3 aliphatic rings. The lowest BCUT2D eigenvalue weighted by Gasteiger charge is -2.25. The lowest BCUT2D eigenvalue weighted by atomic mass is 9.84. The number of benzene rings is 1. The Morgan fingerprint density at radius 2 is 1.89 bits per heavy atom. The molecular weight excluding hydrogens is 352 g/mol. The lowest BCUT2D eigenvalue weighted by Crippen LogP contribution is -2.39. The Labute approximate surface area is 156 Å². The summed E-state index contributed by atoms with van der Waals surface area (Å²) >= 11 is 0. The number of ether oxygens (including phenoxy) is 2. The van der Waals surface area contributed by atoms with E-state index in [1.807, 2.05) is 30.1 Å². The number of carbonyl (C=O) groups excluding carboxylic acids is 2. The van der Waals surface area contributed by atoms with Gasteiger partial charge in [0.2, 0.25) is 18.6 Å². The van der Waals surface area contributed by atoms with Gasteiger partial charge in [-0.1, -0.05) is 6.07 Å². The van der Waals surface area contributed by atoms with Crippen LogP contribution in [0, 0.1) is 5.92 Å². The number of carboxylic acid groups (broad SMARTS) is 1. The average Bonchev–Trinajstić information content (AvgIpc) is 3.31. The lowest BCUT2D eigenvalue weighted by molar-refractivity contribution is -0.143. The summed E-state index contributed by atoms with van der Waals surface area (Å²) < 4.78 is 10.8. The van der Waals surface area contributed by atoms with E-state index in [1.54, 1.807) is 0 Å². The van der Waals surface area contributed by atoms with Gasteiger partial charge in [-0.2, -0.15) is 0 Å². The predicted octanol–water partition coefficient (Wildman–Crippen LogP) is 1.05. The summed E-state index contributed by atoms with van der Waals surface area (Å²) in [5.74, 6) is -0.721. The zero-order chi connectivity index (χ0) is 19.1. The molecule has 2 fully saturated rings. The molecule has 1 N–H and O–H groups in total. The maximum absolute atomic E-state index is 12.1. The molecule has 0 saturated carbocycles. The predicted molar refractivity (Wildman–Crippen MR) is 93.4 cm³/mol. The van der Waals surface area contributed by atoms with E-state index in [1.165, 1.54) is 4.90 Å². The number of carboxylic acids is 1. The quantitative estimate of drug-likeness (QED) is 0.770. The van der Waals surface area contributed by atoms with Crippen LogP contribution in [0.25, 0.3) is 0 Å². The van der Waals surface area contributed by atoms with Gasteiger partial charge in [-0.15, -0.1) is 0 Å². The Morgan fingerprint density at radius 1 is 1.19 bits per heavy atom. The summed E-state index contributed by atoms with van der Waals surface area (Å²) in [6, 6.07) is 5.30. The number of imide groups is 1. The second kappa shape index (κ2) is 6.84. The van der Waals surface area contributed by atoms with E-state index < -0.39 is 11.9 Å². The zero-order valence-corrected chi connectivity index (χ0v) is 15.1. The largest absolute Gasteiger partial charge is 0.481 e. The first-order valence-corrected chi connectivity index (χ1v) is 9.11. The third kappa shape index (κ3) is 3.14. The van der Waals surface area contributed by atoms with E-state index >= 15 is 0 Å². The monoisotopic (exact) mass is 374 g/mol. The molecule has 3 atom stereocenters. The maximum atomic E-state index is 12.1. The molecule has 0 aromatic heterocycles. The molecule has 3 aliphatic heterocycles. The standard InChI is InChI=1S/C19H22N2O6/c1-20-9-12(11-2-3-14-15(8-11)27-10-26-14)18(19(24)25)13(20)6-7-21-16(22)4-5-17(21)23/h2-3,8,12-13,18H,4-7,9-10H2,1H3,(H,24,25). The van der Waals surface area contributed by atoms with Gasteiger partial charge < -0.3 is 19.5 Å². The number of carbonyl (C=O) groups is 3. The number of hydrogen-bond donors (Lipinski definition) is 1. The minimum atomic E-state index is -0.869. The van der Waals surface area contributed by atoms with Crippen molar-refractivity contribution in [3.05, 3.63) is 23.8 Å². The van der Waals surface area contributed by atoms with Gasteiger partial charge in [0.25, 0.3) is 0 Å². The van der Waals surface area contributed by atoms with E-state index in [0.717, 1.165) is 5.56 Å². The van der Waals surface area contributed by atoms with Crippen molar-refractivity contribution >= 4 is 17.8 Å².